The van der Waals surface area contributed by atoms with Gasteiger partial charge < -0.3 is 26.2 Å². The van der Waals surface area contributed by atoms with Gasteiger partial charge in [-0.15, -0.1) is 0 Å². The zero-order chi connectivity index (χ0) is 19.2. The van der Waals surface area contributed by atoms with Crippen LogP contribution in [-0.4, -0.2) is 27.7 Å². The van der Waals surface area contributed by atoms with E-state index < -0.39 is 5.97 Å². The lowest BCUT2D eigenvalue weighted by Crippen LogP contribution is -2.06. The van der Waals surface area contributed by atoms with E-state index in [1.165, 1.54) is 18.5 Å². The molecule has 138 valence electrons. The number of anilines is 5. The smallest absolute Gasteiger partial charge is 0.335 e. The molecule has 3 aromatic rings. The molecule has 2 aromatic carbocycles. The third-order valence-corrected chi connectivity index (χ3v) is 3.72. The highest BCUT2D eigenvalue weighted by Crippen LogP contribution is 2.32. The molecule has 0 aliphatic carbocycles. The van der Waals surface area contributed by atoms with Gasteiger partial charge >= 0.3 is 5.97 Å². The van der Waals surface area contributed by atoms with Gasteiger partial charge in [0, 0.05) is 5.69 Å². The summed E-state index contributed by atoms with van der Waals surface area (Å²) < 4.78 is 5.60. The highest BCUT2D eigenvalue weighted by molar-refractivity contribution is 5.88. The molecule has 0 saturated carbocycles. The maximum atomic E-state index is 10.9. The fraction of sp³-hybridized carbons (Fsp3) is 0.105. The van der Waals surface area contributed by atoms with Crippen LogP contribution in [0, 0.1) is 0 Å². The molecule has 0 fully saturated rings. The summed E-state index contributed by atoms with van der Waals surface area (Å²) in [5.74, 6) is 0.547. The number of hydrogen-bond donors (Lipinski definition) is 4. The second-order valence-electron chi connectivity index (χ2n) is 5.55. The summed E-state index contributed by atoms with van der Waals surface area (Å²) in [5.41, 5.74) is 8.12. The average molecular weight is 365 g/mol. The molecule has 0 aliphatic rings. The molecule has 3 rings (SSSR count). The van der Waals surface area contributed by atoms with E-state index in [0.717, 1.165) is 5.69 Å². The number of para-hydroxylation sites is 2. The summed E-state index contributed by atoms with van der Waals surface area (Å²) in [5, 5.41) is 15.2. The van der Waals surface area contributed by atoms with Crippen LogP contribution < -0.4 is 21.1 Å². The van der Waals surface area contributed by atoms with Gasteiger partial charge in [-0.25, -0.2) is 14.8 Å². The van der Waals surface area contributed by atoms with Crippen LogP contribution in [0.3, 0.4) is 0 Å². The third-order valence-electron chi connectivity index (χ3n) is 3.72. The standard InChI is InChI=1S/C19H19N5O3/c1-2-27-15-6-4-3-5-14(15)24-18-16(20)17(21-11-22-18)23-13-9-7-12(8-10-13)19(25)26/h3-11H,2,20H2,1H3,(H,25,26)(H2,21,22,23,24). The van der Waals surface area contributed by atoms with Gasteiger partial charge in [0.1, 0.15) is 17.8 Å². The average Bonchev–Trinajstić information content (AvgIpc) is 2.67. The number of aromatic nitrogens is 2. The largest absolute Gasteiger partial charge is 0.492 e. The molecule has 0 unspecified atom stereocenters. The van der Waals surface area contributed by atoms with Crippen molar-refractivity contribution < 1.29 is 14.6 Å². The summed E-state index contributed by atoms with van der Waals surface area (Å²) in [7, 11) is 0. The van der Waals surface area contributed by atoms with E-state index in [1.54, 1.807) is 12.1 Å². The number of hydrogen-bond acceptors (Lipinski definition) is 7. The van der Waals surface area contributed by atoms with E-state index in [9.17, 15) is 4.79 Å². The zero-order valence-corrected chi connectivity index (χ0v) is 14.6. The Labute approximate surface area is 156 Å². The van der Waals surface area contributed by atoms with Crippen LogP contribution >= 0.6 is 0 Å². The molecule has 0 saturated heterocycles. The summed E-state index contributed by atoms with van der Waals surface area (Å²) in [6, 6.07) is 13.8. The molecule has 0 amide bonds. The fourth-order valence-corrected chi connectivity index (χ4v) is 2.41. The topological polar surface area (TPSA) is 122 Å². The van der Waals surface area contributed by atoms with Crippen LogP contribution in [0.5, 0.6) is 5.75 Å². The second kappa shape index (κ2) is 8.05. The molecule has 0 radical (unpaired) electrons. The van der Waals surface area contributed by atoms with Crippen LogP contribution in [0.25, 0.3) is 0 Å². The first-order chi connectivity index (χ1) is 13.1. The van der Waals surface area contributed by atoms with Crippen LogP contribution in [0.4, 0.5) is 28.7 Å². The Hall–Kier alpha value is -3.81. The van der Waals surface area contributed by atoms with Crippen LogP contribution in [0.15, 0.2) is 54.9 Å². The van der Waals surface area contributed by atoms with Crippen molar-refractivity contribution >= 4 is 34.7 Å². The van der Waals surface area contributed by atoms with Crippen molar-refractivity contribution in [3.63, 3.8) is 0 Å². The predicted octanol–water partition coefficient (Wildman–Crippen LogP) is 3.64. The van der Waals surface area contributed by atoms with E-state index in [-0.39, 0.29) is 5.56 Å². The second-order valence-corrected chi connectivity index (χ2v) is 5.55. The van der Waals surface area contributed by atoms with Crippen molar-refractivity contribution in [3.8, 4) is 5.75 Å². The van der Waals surface area contributed by atoms with Crippen molar-refractivity contribution in [2.45, 2.75) is 6.92 Å². The van der Waals surface area contributed by atoms with E-state index in [1.807, 2.05) is 31.2 Å². The Morgan fingerprint density at radius 2 is 1.74 bits per heavy atom. The van der Waals surface area contributed by atoms with Crippen molar-refractivity contribution in [1.29, 1.82) is 0 Å². The minimum absolute atomic E-state index is 0.200. The van der Waals surface area contributed by atoms with Gasteiger partial charge in [-0.1, -0.05) is 12.1 Å². The molecule has 1 aromatic heterocycles. The van der Waals surface area contributed by atoms with E-state index in [2.05, 4.69) is 20.6 Å². The summed E-state index contributed by atoms with van der Waals surface area (Å²) in [6.07, 6.45) is 1.38. The van der Waals surface area contributed by atoms with Crippen molar-refractivity contribution in [3.05, 3.63) is 60.4 Å². The number of carboxylic acids is 1. The lowest BCUT2D eigenvalue weighted by atomic mass is 10.2. The third kappa shape index (κ3) is 4.24. The molecular weight excluding hydrogens is 346 g/mol. The van der Waals surface area contributed by atoms with Crippen LogP contribution in [-0.2, 0) is 0 Å². The number of ether oxygens (including phenoxy) is 1. The number of nitrogens with zero attached hydrogens (tertiary/aromatic N) is 2. The molecule has 8 nitrogen and oxygen atoms in total. The maximum Gasteiger partial charge on any atom is 0.335 e. The molecule has 1 heterocycles. The zero-order valence-electron chi connectivity index (χ0n) is 14.6. The molecule has 27 heavy (non-hydrogen) atoms. The van der Waals surface area contributed by atoms with E-state index >= 15 is 0 Å². The lowest BCUT2D eigenvalue weighted by molar-refractivity contribution is 0.0697. The highest BCUT2D eigenvalue weighted by atomic mass is 16.5. The molecule has 8 heteroatoms. The minimum atomic E-state index is -0.984. The van der Waals surface area contributed by atoms with Gasteiger partial charge in [0.05, 0.1) is 17.9 Å². The Bertz CT molecular complexity index is 944. The number of carboxylic acid groups (broad SMARTS) is 1. The first-order valence-electron chi connectivity index (χ1n) is 8.28. The maximum absolute atomic E-state index is 10.9. The lowest BCUT2D eigenvalue weighted by Gasteiger charge is -2.15. The molecule has 0 atom stereocenters. The van der Waals surface area contributed by atoms with Crippen molar-refractivity contribution in [2.75, 3.05) is 23.0 Å². The first kappa shape index (κ1) is 18.0. The SMILES string of the molecule is CCOc1ccccc1Nc1ncnc(Nc2ccc(C(=O)O)cc2)c1N. The van der Waals surface area contributed by atoms with Gasteiger partial charge in [-0.3, -0.25) is 0 Å². The summed E-state index contributed by atoms with van der Waals surface area (Å²) in [6.45, 7) is 2.45. The quantitative estimate of drug-likeness (QED) is 0.500. The van der Waals surface area contributed by atoms with E-state index in [4.69, 9.17) is 15.6 Å². The Morgan fingerprint density at radius 3 is 2.41 bits per heavy atom. The number of benzene rings is 2. The number of carbonyl (C=O) groups is 1. The normalized spacial score (nSPS) is 10.3. The number of rotatable bonds is 7. The van der Waals surface area contributed by atoms with Crippen LogP contribution in [0.1, 0.15) is 17.3 Å². The summed E-state index contributed by atoms with van der Waals surface area (Å²) in [4.78, 5) is 19.3. The van der Waals surface area contributed by atoms with Gasteiger partial charge in [-0.05, 0) is 43.3 Å². The first-order valence-corrected chi connectivity index (χ1v) is 8.28. The van der Waals surface area contributed by atoms with Gasteiger partial charge in [0.2, 0.25) is 0 Å². The van der Waals surface area contributed by atoms with Crippen LogP contribution in [0.2, 0.25) is 0 Å². The molecule has 0 bridgehead atoms. The number of aromatic carboxylic acids is 1. The monoisotopic (exact) mass is 365 g/mol. The van der Waals surface area contributed by atoms with Crippen molar-refractivity contribution in [2.24, 2.45) is 0 Å². The minimum Gasteiger partial charge on any atom is -0.492 e. The predicted molar refractivity (Wildman–Crippen MR) is 104 cm³/mol. The Balaban J connectivity index is 1.83. The fourth-order valence-electron chi connectivity index (χ4n) is 2.41. The number of nitrogens with two attached hydrogens (primary N) is 1. The van der Waals surface area contributed by atoms with Crippen molar-refractivity contribution in [1.82, 2.24) is 9.97 Å². The van der Waals surface area contributed by atoms with Gasteiger partial charge in [0.25, 0.3) is 0 Å². The molecule has 5 N–H and O–H groups in total. The summed E-state index contributed by atoms with van der Waals surface area (Å²) >= 11 is 0. The highest BCUT2D eigenvalue weighted by Gasteiger charge is 2.11. The number of nitrogens with one attached hydrogen (secondary N) is 2. The Kier molecular flexibility index (Phi) is 5.36. The molecule has 0 spiro atoms. The van der Waals surface area contributed by atoms with E-state index in [0.29, 0.717) is 35.4 Å². The Morgan fingerprint density at radius 1 is 1.07 bits per heavy atom. The molecular formula is C19H19N5O3. The van der Waals surface area contributed by atoms with Gasteiger partial charge in [-0.2, -0.15) is 0 Å². The number of nitrogen functional groups attached to an aromatic ring is 1. The van der Waals surface area contributed by atoms with Gasteiger partial charge in [0.15, 0.2) is 11.6 Å². The molecule has 0 aliphatic heterocycles.